The van der Waals surface area contributed by atoms with Crippen LogP contribution in [-0.4, -0.2) is 23.6 Å². The van der Waals surface area contributed by atoms with Crippen molar-refractivity contribution < 1.29 is 9.59 Å². The highest BCUT2D eigenvalue weighted by atomic mass is 79.9. The van der Waals surface area contributed by atoms with Crippen molar-refractivity contribution in [2.45, 2.75) is 32.1 Å². The minimum absolute atomic E-state index is 0.117. The van der Waals surface area contributed by atoms with Gasteiger partial charge < -0.3 is 4.90 Å². The van der Waals surface area contributed by atoms with Crippen LogP contribution in [0, 0.1) is 5.41 Å². The van der Waals surface area contributed by atoms with E-state index in [0.717, 1.165) is 23.9 Å². The van der Waals surface area contributed by atoms with Gasteiger partial charge in [-0.15, -0.1) is 0 Å². The first-order valence-electron chi connectivity index (χ1n) is 7.18. The molecular formula is C16H18BrNO2. The van der Waals surface area contributed by atoms with E-state index < -0.39 is 0 Å². The fourth-order valence-corrected chi connectivity index (χ4v) is 4.11. The van der Waals surface area contributed by atoms with E-state index in [2.05, 4.69) is 15.9 Å². The van der Waals surface area contributed by atoms with Gasteiger partial charge >= 0.3 is 0 Å². The molecule has 1 saturated carbocycles. The molecule has 0 saturated heterocycles. The first-order valence-corrected chi connectivity index (χ1v) is 8.30. The number of hydrogen-bond donors (Lipinski definition) is 0. The minimum atomic E-state index is -0.364. The topological polar surface area (TPSA) is 37.4 Å². The van der Waals surface area contributed by atoms with E-state index in [4.69, 9.17) is 0 Å². The molecule has 0 atom stereocenters. The van der Waals surface area contributed by atoms with Crippen LogP contribution in [-0.2, 0) is 4.79 Å². The maximum atomic E-state index is 12.3. The smallest absolute Gasteiger partial charge is 0.299 e. The maximum absolute atomic E-state index is 12.3. The summed E-state index contributed by atoms with van der Waals surface area (Å²) in [6.45, 7) is 0.653. The number of carbonyl (C=O) groups is 2. The van der Waals surface area contributed by atoms with E-state index in [1.165, 1.54) is 19.3 Å². The molecule has 0 bridgehead atoms. The highest BCUT2D eigenvalue weighted by Crippen LogP contribution is 2.41. The van der Waals surface area contributed by atoms with Crippen molar-refractivity contribution in [3.8, 4) is 0 Å². The van der Waals surface area contributed by atoms with Gasteiger partial charge in [-0.2, -0.15) is 0 Å². The first kappa shape index (κ1) is 13.8. The van der Waals surface area contributed by atoms with Gasteiger partial charge in [-0.05, 0) is 30.4 Å². The minimum Gasteiger partial charge on any atom is -0.304 e. The summed E-state index contributed by atoms with van der Waals surface area (Å²) in [4.78, 5) is 26.0. The van der Waals surface area contributed by atoms with Gasteiger partial charge in [-0.25, -0.2) is 0 Å². The molecule has 3 nitrogen and oxygen atoms in total. The summed E-state index contributed by atoms with van der Waals surface area (Å²) in [6, 6.07) is 7.33. The lowest BCUT2D eigenvalue weighted by atomic mass is 9.75. The number of anilines is 1. The first-order chi connectivity index (χ1) is 9.67. The maximum Gasteiger partial charge on any atom is 0.299 e. The Morgan fingerprint density at radius 3 is 2.50 bits per heavy atom. The third-order valence-electron chi connectivity index (χ3n) is 4.57. The second kappa shape index (κ2) is 5.32. The summed E-state index contributed by atoms with van der Waals surface area (Å²) in [5.41, 5.74) is 1.46. The van der Waals surface area contributed by atoms with Crippen LogP contribution in [0.4, 0.5) is 5.69 Å². The zero-order valence-electron chi connectivity index (χ0n) is 11.4. The van der Waals surface area contributed by atoms with Gasteiger partial charge in [0.05, 0.1) is 11.3 Å². The van der Waals surface area contributed by atoms with E-state index in [-0.39, 0.29) is 17.1 Å². The van der Waals surface area contributed by atoms with Crippen LogP contribution >= 0.6 is 15.9 Å². The van der Waals surface area contributed by atoms with Crippen molar-refractivity contribution in [1.29, 1.82) is 0 Å². The zero-order valence-corrected chi connectivity index (χ0v) is 13.0. The van der Waals surface area contributed by atoms with Crippen LogP contribution in [0.3, 0.4) is 0 Å². The number of fused-ring (bicyclic) bond motifs is 1. The molecule has 0 aromatic heterocycles. The second-order valence-corrected chi connectivity index (χ2v) is 6.49. The van der Waals surface area contributed by atoms with Gasteiger partial charge in [0.1, 0.15) is 0 Å². The third-order valence-corrected chi connectivity index (χ3v) is 5.76. The average Bonchev–Trinajstić information content (AvgIpc) is 2.74. The molecule has 1 fully saturated rings. The normalized spacial score (nSPS) is 21.1. The standard InChI is InChI=1S/C16H18BrNO2/c17-10-16(8-4-1-5-9-16)11-18-13-7-3-2-6-12(13)14(19)15(18)20/h2-3,6-7H,1,4-5,8-11H2. The molecule has 3 rings (SSSR count). The molecule has 1 aromatic carbocycles. The van der Waals surface area contributed by atoms with Crippen molar-refractivity contribution in [3.05, 3.63) is 29.8 Å². The summed E-state index contributed by atoms with van der Waals surface area (Å²) >= 11 is 3.63. The second-order valence-electron chi connectivity index (χ2n) is 5.93. The molecule has 106 valence electrons. The molecule has 1 aliphatic heterocycles. The number of hydrogen-bond acceptors (Lipinski definition) is 2. The summed E-state index contributed by atoms with van der Waals surface area (Å²) in [7, 11) is 0. The average molecular weight is 336 g/mol. The predicted octanol–water partition coefficient (Wildman–Crippen LogP) is 3.56. The number of alkyl halides is 1. The number of amides is 1. The number of benzene rings is 1. The zero-order chi connectivity index (χ0) is 14.2. The largest absolute Gasteiger partial charge is 0.304 e. The van der Waals surface area contributed by atoms with Crippen LogP contribution < -0.4 is 4.90 Å². The Morgan fingerprint density at radius 1 is 1.10 bits per heavy atom. The van der Waals surface area contributed by atoms with E-state index in [1.807, 2.05) is 18.2 Å². The number of rotatable bonds is 3. The van der Waals surface area contributed by atoms with E-state index in [0.29, 0.717) is 12.1 Å². The van der Waals surface area contributed by atoms with Crippen LogP contribution in [0.2, 0.25) is 0 Å². The molecule has 1 aliphatic carbocycles. The molecule has 1 aromatic rings. The van der Waals surface area contributed by atoms with E-state index in [9.17, 15) is 9.59 Å². The SMILES string of the molecule is O=C1C(=O)N(CC2(CBr)CCCCC2)c2ccccc21. The van der Waals surface area contributed by atoms with Gasteiger partial charge in [-0.1, -0.05) is 47.3 Å². The van der Waals surface area contributed by atoms with E-state index in [1.54, 1.807) is 11.0 Å². The highest BCUT2D eigenvalue weighted by Gasteiger charge is 2.41. The van der Waals surface area contributed by atoms with E-state index >= 15 is 0 Å². The van der Waals surface area contributed by atoms with Gasteiger partial charge in [0.25, 0.3) is 11.7 Å². The number of nitrogens with zero attached hydrogens (tertiary/aromatic N) is 1. The van der Waals surface area contributed by atoms with Crippen LogP contribution in [0.5, 0.6) is 0 Å². The lowest BCUT2D eigenvalue weighted by molar-refractivity contribution is -0.114. The van der Waals surface area contributed by atoms with Crippen LogP contribution in [0.15, 0.2) is 24.3 Å². The third kappa shape index (κ3) is 2.20. The Hall–Kier alpha value is -1.16. The monoisotopic (exact) mass is 335 g/mol. The highest BCUT2D eigenvalue weighted by molar-refractivity contribution is 9.09. The molecule has 4 heteroatoms. The van der Waals surface area contributed by atoms with Gasteiger partial charge in [0, 0.05) is 11.9 Å². The van der Waals surface area contributed by atoms with Crippen molar-refractivity contribution in [1.82, 2.24) is 0 Å². The molecule has 1 amide bonds. The fourth-order valence-electron chi connectivity index (χ4n) is 3.38. The Bertz CT molecular complexity index is 549. The summed E-state index contributed by atoms with van der Waals surface area (Å²) in [5.74, 6) is -0.724. The number of halogens is 1. The Balaban J connectivity index is 1.90. The Labute approximate surface area is 127 Å². The van der Waals surface area contributed by atoms with Crippen LogP contribution in [0.1, 0.15) is 42.5 Å². The quantitative estimate of drug-likeness (QED) is 0.625. The molecule has 0 radical (unpaired) electrons. The number of ketones is 1. The number of Topliss-reactive ketones (excluding diaryl/α,β-unsaturated/α-hetero) is 1. The van der Waals surface area contributed by atoms with Crippen molar-refractivity contribution in [2.24, 2.45) is 5.41 Å². The number of carbonyl (C=O) groups excluding carboxylic acids is 2. The summed E-state index contributed by atoms with van der Waals surface area (Å²) < 4.78 is 0. The predicted molar refractivity (Wildman–Crippen MR) is 82.4 cm³/mol. The Morgan fingerprint density at radius 2 is 1.80 bits per heavy atom. The van der Waals surface area contributed by atoms with Crippen molar-refractivity contribution in [2.75, 3.05) is 16.8 Å². The molecule has 1 heterocycles. The molecule has 2 aliphatic rings. The summed E-state index contributed by atoms with van der Waals surface area (Å²) in [5, 5.41) is 0.889. The van der Waals surface area contributed by atoms with Crippen molar-refractivity contribution in [3.63, 3.8) is 0 Å². The number of para-hydroxylation sites is 1. The summed E-state index contributed by atoms with van der Waals surface area (Å²) in [6.07, 6.45) is 5.95. The molecule has 0 unspecified atom stereocenters. The molecule has 0 spiro atoms. The van der Waals surface area contributed by atoms with Gasteiger partial charge in [0.15, 0.2) is 0 Å². The van der Waals surface area contributed by atoms with Crippen molar-refractivity contribution >= 4 is 33.3 Å². The van der Waals surface area contributed by atoms with Gasteiger partial charge in [-0.3, -0.25) is 9.59 Å². The molecule has 0 N–H and O–H groups in total. The Kier molecular flexibility index (Phi) is 3.67. The fraction of sp³-hybridized carbons (Fsp3) is 0.500. The lowest BCUT2D eigenvalue weighted by Crippen LogP contribution is -2.43. The van der Waals surface area contributed by atoms with Crippen LogP contribution in [0.25, 0.3) is 0 Å². The molecular weight excluding hydrogens is 318 g/mol. The molecule has 20 heavy (non-hydrogen) atoms. The van der Waals surface area contributed by atoms with Gasteiger partial charge in [0.2, 0.25) is 0 Å². The lowest BCUT2D eigenvalue weighted by Gasteiger charge is -2.38.